The lowest BCUT2D eigenvalue weighted by Crippen LogP contribution is -2.49. The summed E-state index contributed by atoms with van der Waals surface area (Å²) in [5, 5.41) is 8.77. The van der Waals surface area contributed by atoms with Gasteiger partial charge < -0.3 is 39.6 Å². The van der Waals surface area contributed by atoms with Gasteiger partial charge in [0.2, 0.25) is 11.8 Å². The Labute approximate surface area is 464 Å². The summed E-state index contributed by atoms with van der Waals surface area (Å²) in [6.07, 6.45) is 43.2. The van der Waals surface area contributed by atoms with Crippen molar-refractivity contribution in [3.05, 3.63) is 0 Å². The first-order valence-corrected chi connectivity index (χ1v) is 31.8. The van der Waals surface area contributed by atoms with Gasteiger partial charge in [0, 0.05) is 32.7 Å². The minimum Gasteiger partial charge on any atom is -0.446 e. The van der Waals surface area contributed by atoms with Crippen LogP contribution in [0, 0.1) is 0 Å². The molecular formula is C64H127N3O8. The van der Waals surface area contributed by atoms with Crippen molar-refractivity contribution < 1.29 is 38.1 Å². The fourth-order valence-electron chi connectivity index (χ4n) is 9.38. The first kappa shape index (κ1) is 73.0. The Balaban J connectivity index is 5.38. The van der Waals surface area contributed by atoms with Gasteiger partial charge in [-0.3, -0.25) is 9.59 Å². The molecule has 11 heteroatoms. The Bertz CT molecular complexity index is 1330. The Hall–Kier alpha value is -1.95. The zero-order valence-electron chi connectivity index (χ0n) is 51.8. The molecule has 0 aromatic rings. The van der Waals surface area contributed by atoms with Crippen molar-refractivity contribution in [3.63, 3.8) is 0 Å². The van der Waals surface area contributed by atoms with Crippen molar-refractivity contribution in [1.82, 2.24) is 16.0 Å². The molecule has 0 saturated heterocycles. The number of unbranched alkanes of at least 4 members (excludes halogenated alkanes) is 29. The molecule has 446 valence electrons. The van der Waals surface area contributed by atoms with Crippen molar-refractivity contribution in [2.45, 2.75) is 355 Å². The normalized spacial score (nSPS) is 13.2. The molecule has 0 aromatic heterocycles. The molecule has 0 fully saturated rings. The van der Waals surface area contributed by atoms with Crippen LogP contribution in [-0.2, 0) is 33.3 Å². The maximum Gasteiger partial charge on any atom is 0.408 e. The summed E-state index contributed by atoms with van der Waals surface area (Å²) in [7, 11) is 0. The van der Waals surface area contributed by atoms with Crippen molar-refractivity contribution in [1.29, 1.82) is 0 Å². The SMILES string of the molecule is CCCCCCCCCCCCCCCCCCC(CCCCCCCCCCCCCCCCC)OC(=O)N[C@H](CCC(=O)NCCOC(C)(C)CCOC(C)(C)C)C(=O)NCCOC(C)(C)CCOC(C)(C)C. The number of nitrogens with one attached hydrogen (secondary N) is 3. The zero-order chi connectivity index (χ0) is 55.9. The quantitative estimate of drug-likeness (QED) is 0.0513. The fourth-order valence-corrected chi connectivity index (χ4v) is 9.38. The van der Waals surface area contributed by atoms with E-state index in [4.69, 9.17) is 23.7 Å². The first-order chi connectivity index (χ1) is 35.7. The largest absolute Gasteiger partial charge is 0.446 e. The highest BCUT2D eigenvalue weighted by Gasteiger charge is 2.26. The molecular weight excluding hydrogens is 939 g/mol. The number of hydrogen-bond donors (Lipinski definition) is 3. The van der Waals surface area contributed by atoms with E-state index in [9.17, 15) is 14.4 Å². The Morgan fingerprint density at radius 1 is 0.387 bits per heavy atom. The number of alkyl carbamates (subject to hydrolysis) is 1. The summed E-state index contributed by atoms with van der Waals surface area (Å²) in [4.78, 5) is 40.6. The lowest BCUT2D eigenvalue weighted by molar-refractivity contribution is -0.125. The molecule has 0 spiro atoms. The van der Waals surface area contributed by atoms with E-state index in [-0.39, 0.29) is 48.5 Å². The van der Waals surface area contributed by atoms with Crippen LogP contribution >= 0.6 is 0 Å². The van der Waals surface area contributed by atoms with E-state index in [2.05, 4.69) is 29.8 Å². The second-order valence-electron chi connectivity index (χ2n) is 25.4. The van der Waals surface area contributed by atoms with Gasteiger partial charge in [0.15, 0.2) is 0 Å². The summed E-state index contributed by atoms with van der Waals surface area (Å²) < 4.78 is 30.2. The van der Waals surface area contributed by atoms with Gasteiger partial charge in [0.1, 0.15) is 12.1 Å². The van der Waals surface area contributed by atoms with Crippen molar-refractivity contribution in [2.75, 3.05) is 39.5 Å². The van der Waals surface area contributed by atoms with Crippen LogP contribution in [0.1, 0.15) is 321 Å². The Morgan fingerprint density at radius 3 is 1.04 bits per heavy atom. The molecule has 0 rings (SSSR count). The molecule has 11 nitrogen and oxygen atoms in total. The van der Waals surface area contributed by atoms with Gasteiger partial charge in [0.05, 0.1) is 35.6 Å². The molecule has 0 saturated carbocycles. The number of carbonyl (C=O) groups is 3. The van der Waals surface area contributed by atoms with Gasteiger partial charge in [-0.25, -0.2) is 4.79 Å². The molecule has 0 aliphatic carbocycles. The third-order valence-corrected chi connectivity index (χ3v) is 14.3. The summed E-state index contributed by atoms with van der Waals surface area (Å²) in [6, 6.07) is -0.948. The van der Waals surface area contributed by atoms with Crippen LogP contribution in [0.2, 0.25) is 0 Å². The van der Waals surface area contributed by atoms with E-state index in [1.807, 2.05) is 69.2 Å². The number of hydrogen-bond acceptors (Lipinski definition) is 8. The van der Waals surface area contributed by atoms with Crippen LogP contribution in [0.15, 0.2) is 0 Å². The van der Waals surface area contributed by atoms with Gasteiger partial charge in [-0.1, -0.05) is 200 Å². The third kappa shape index (κ3) is 52.5. The molecule has 0 aliphatic heterocycles. The highest BCUT2D eigenvalue weighted by atomic mass is 16.6. The zero-order valence-corrected chi connectivity index (χ0v) is 51.8. The number of amides is 3. The van der Waals surface area contributed by atoms with Crippen LogP contribution in [0.5, 0.6) is 0 Å². The van der Waals surface area contributed by atoms with Crippen molar-refractivity contribution in [3.8, 4) is 0 Å². The van der Waals surface area contributed by atoms with Crippen LogP contribution in [0.4, 0.5) is 4.79 Å². The minimum atomic E-state index is -0.948. The van der Waals surface area contributed by atoms with E-state index in [0.717, 1.165) is 44.9 Å². The molecule has 0 radical (unpaired) electrons. The first-order valence-electron chi connectivity index (χ1n) is 31.8. The second kappa shape index (κ2) is 46.9. The van der Waals surface area contributed by atoms with Crippen LogP contribution in [0.25, 0.3) is 0 Å². The molecule has 0 bridgehead atoms. The molecule has 0 aliphatic rings. The standard InChI is InChI=1S/C64H127N3O8/c1-13-15-17-19-21-23-25-27-29-31-33-35-37-39-41-43-45-56(44-42-40-38-36-34-32-30-28-26-24-22-20-18-16-14-2)75-60(70)67-57(59(69)66-51-55-74-64(11,12)49-53-72-62(6,7)8)46-47-58(68)65-50-54-73-63(9,10)48-52-71-61(3,4)5/h56-57H,13-55H2,1-12H3,(H,65,68)(H,66,69)(H,67,70)/t56?,57-/m1/s1. The van der Waals surface area contributed by atoms with Gasteiger partial charge in [-0.05, 0) is 114 Å². The topological polar surface area (TPSA) is 133 Å². The lowest BCUT2D eigenvalue weighted by atomic mass is 10.0. The highest BCUT2D eigenvalue weighted by molar-refractivity contribution is 5.86. The highest BCUT2D eigenvalue weighted by Crippen LogP contribution is 2.21. The van der Waals surface area contributed by atoms with Crippen molar-refractivity contribution >= 4 is 17.9 Å². The third-order valence-electron chi connectivity index (χ3n) is 14.3. The summed E-state index contributed by atoms with van der Waals surface area (Å²) >= 11 is 0. The average molecular weight is 1070 g/mol. The molecule has 0 heterocycles. The van der Waals surface area contributed by atoms with E-state index in [0.29, 0.717) is 39.4 Å². The van der Waals surface area contributed by atoms with E-state index in [1.54, 1.807) is 0 Å². The van der Waals surface area contributed by atoms with Gasteiger partial charge in [0.25, 0.3) is 0 Å². The molecule has 3 amide bonds. The number of carbonyl (C=O) groups excluding carboxylic acids is 3. The molecule has 0 aromatic carbocycles. The molecule has 2 atom stereocenters. The molecule has 1 unspecified atom stereocenters. The number of rotatable bonds is 53. The number of ether oxygens (including phenoxy) is 5. The maximum atomic E-state index is 13.8. The van der Waals surface area contributed by atoms with Gasteiger partial charge >= 0.3 is 6.09 Å². The van der Waals surface area contributed by atoms with Crippen LogP contribution < -0.4 is 16.0 Å². The minimum absolute atomic E-state index is 0.0558. The van der Waals surface area contributed by atoms with Crippen molar-refractivity contribution in [2.24, 2.45) is 0 Å². The lowest BCUT2D eigenvalue weighted by Gasteiger charge is -2.28. The predicted octanol–water partition coefficient (Wildman–Crippen LogP) is 17.4. The average Bonchev–Trinajstić information content (AvgIpc) is 3.32. The Kier molecular flexibility index (Phi) is 45.7. The Morgan fingerprint density at radius 2 is 0.707 bits per heavy atom. The predicted molar refractivity (Wildman–Crippen MR) is 317 cm³/mol. The van der Waals surface area contributed by atoms with Crippen LogP contribution in [0.3, 0.4) is 0 Å². The summed E-state index contributed by atoms with van der Waals surface area (Å²) in [5.41, 5.74) is -1.29. The van der Waals surface area contributed by atoms with E-state index >= 15 is 0 Å². The van der Waals surface area contributed by atoms with E-state index in [1.165, 1.54) is 173 Å². The second-order valence-corrected chi connectivity index (χ2v) is 25.4. The summed E-state index contributed by atoms with van der Waals surface area (Å²) in [6.45, 7) is 27.2. The smallest absolute Gasteiger partial charge is 0.408 e. The van der Waals surface area contributed by atoms with Crippen LogP contribution in [-0.4, -0.2) is 92.0 Å². The fraction of sp³-hybridized carbons (Fsp3) is 0.953. The van der Waals surface area contributed by atoms with E-state index < -0.39 is 23.3 Å². The summed E-state index contributed by atoms with van der Waals surface area (Å²) in [5.74, 6) is -0.575. The van der Waals surface area contributed by atoms with Gasteiger partial charge in [-0.15, -0.1) is 0 Å². The molecule has 75 heavy (non-hydrogen) atoms. The van der Waals surface area contributed by atoms with Gasteiger partial charge in [-0.2, -0.15) is 0 Å². The monoisotopic (exact) mass is 1070 g/mol. The maximum absolute atomic E-state index is 13.8. The molecule has 3 N–H and O–H groups in total.